The molecule has 0 spiro atoms. The van der Waals surface area contributed by atoms with Crippen LogP contribution >= 0.6 is 0 Å². The van der Waals surface area contributed by atoms with Crippen LogP contribution in [0.15, 0.2) is 35.5 Å². The third kappa shape index (κ3) is 3.41. The SMILES string of the molecule is CC1=C[C@H]2[C@@H]3CC[C@H]([C@H](C)CCCC(C)C)[C@@]3(C)CC[C@@H]2[C@@]2(C)C=CC(=O)C=C12. The molecule has 7 atom stereocenters. The minimum atomic E-state index is 0.0553. The zero-order chi connectivity index (χ0) is 21.0. The molecule has 0 N–H and O–H groups in total. The van der Waals surface area contributed by atoms with Gasteiger partial charge in [-0.15, -0.1) is 0 Å². The third-order valence-corrected chi connectivity index (χ3v) is 9.63. The Morgan fingerprint density at radius 3 is 2.55 bits per heavy atom. The minimum Gasteiger partial charge on any atom is -0.290 e. The van der Waals surface area contributed by atoms with Crippen molar-refractivity contribution in [2.45, 2.75) is 86.5 Å². The van der Waals surface area contributed by atoms with Crippen LogP contribution in [0.4, 0.5) is 0 Å². The maximum atomic E-state index is 12.1. The summed E-state index contributed by atoms with van der Waals surface area (Å²) in [6.45, 7) is 14.5. The largest absolute Gasteiger partial charge is 0.290 e. The van der Waals surface area contributed by atoms with E-state index in [4.69, 9.17) is 0 Å². The molecule has 4 aliphatic rings. The maximum absolute atomic E-state index is 12.1. The molecule has 0 saturated heterocycles. The predicted molar refractivity (Wildman–Crippen MR) is 122 cm³/mol. The summed E-state index contributed by atoms with van der Waals surface area (Å²) in [5, 5.41) is 0. The second-order valence-electron chi connectivity index (χ2n) is 11.7. The Hall–Kier alpha value is -1.11. The van der Waals surface area contributed by atoms with Crippen molar-refractivity contribution in [3.63, 3.8) is 0 Å². The van der Waals surface area contributed by atoms with Crippen LogP contribution in [-0.2, 0) is 4.79 Å². The second kappa shape index (κ2) is 7.54. The zero-order valence-corrected chi connectivity index (χ0v) is 19.6. The van der Waals surface area contributed by atoms with Gasteiger partial charge in [0.05, 0.1) is 0 Å². The lowest BCUT2D eigenvalue weighted by atomic mass is 9.48. The van der Waals surface area contributed by atoms with E-state index in [9.17, 15) is 4.79 Å². The molecule has 0 aromatic rings. The molecular weight excluding hydrogens is 352 g/mol. The molecule has 4 aliphatic carbocycles. The van der Waals surface area contributed by atoms with Gasteiger partial charge >= 0.3 is 0 Å². The third-order valence-electron chi connectivity index (χ3n) is 9.63. The molecule has 29 heavy (non-hydrogen) atoms. The molecule has 2 fully saturated rings. The molecule has 0 unspecified atom stereocenters. The Kier molecular flexibility index (Phi) is 5.50. The van der Waals surface area contributed by atoms with Gasteiger partial charge in [0.15, 0.2) is 5.78 Å². The molecule has 0 aromatic heterocycles. The molecule has 4 rings (SSSR count). The maximum Gasteiger partial charge on any atom is 0.178 e. The van der Waals surface area contributed by atoms with Crippen molar-refractivity contribution in [3.05, 3.63) is 35.5 Å². The van der Waals surface area contributed by atoms with Crippen molar-refractivity contribution in [1.82, 2.24) is 0 Å². The summed E-state index contributed by atoms with van der Waals surface area (Å²) in [7, 11) is 0. The van der Waals surface area contributed by atoms with Gasteiger partial charge in [0.25, 0.3) is 0 Å². The lowest BCUT2D eigenvalue weighted by molar-refractivity contribution is -0.110. The molecule has 1 nitrogen and oxygen atoms in total. The van der Waals surface area contributed by atoms with Crippen LogP contribution in [-0.4, -0.2) is 5.78 Å². The molecule has 0 aromatic carbocycles. The van der Waals surface area contributed by atoms with Crippen molar-refractivity contribution in [2.24, 2.45) is 46.3 Å². The van der Waals surface area contributed by atoms with E-state index in [1.54, 1.807) is 0 Å². The first-order valence-electron chi connectivity index (χ1n) is 12.3. The van der Waals surface area contributed by atoms with E-state index in [-0.39, 0.29) is 11.2 Å². The summed E-state index contributed by atoms with van der Waals surface area (Å²) < 4.78 is 0. The predicted octanol–water partition coefficient (Wildman–Crippen LogP) is 7.54. The summed E-state index contributed by atoms with van der Waals surface area (Å²) in [6.07, 6.45) is 18.3. The number of fused-ring (bicyclic) bond motifs is 5. The highest BCUT2D eigenvalue weighted by atomic mass is 16.1. The van der Waals surface area contributed by atoms with Gasteiger partial charge in [0, 0.05) is 5.41 Å². The zero-order valence-electron chi connectivity index (χ0n) is 19.6. The molecule has 0 bridgehead atoms. The van der Waals surface area contributed by atoms with Gasteiger partial charge in [-0.05, 0) is 91.3 Å². The van der Waals surface area contributed by atoms with Crippen molar-refractivity contribution in [2.75, 3.05) is 0 Å². The topological polar surface area (TPSA) is 17.1 Å². The Labute approximate surface area is 179 Å². The van der Waals surface area contributed by atoms with Crippen LogP contribution < -0.4 is 0 Å². The summed E-state index contributed by atoms with van der Waals surface area (Å²) in [6, 6.07) is 0. The van der Waals surface area contributed by atoms with E-state index < -0.39 is 0 Å². The molecular formula is C28H42O. The van der Waals surface area contributed by atoms with Crippen LogP contribution in [0.25, 0.3) is 0 Å². The monoisotopic (exact) mass is 394 g/mol. The van der Waals surface area contributed by atoms with E-state index >= 15 is 0 Å². The highest BCUT2D eigenvalue weighted by Crippen LogP contribution is 2.66. The number of carbonyl (C=O) groups is 1. The van der Waals surface area contributed by atoms with Crippen molar-refractivity contribution in [3.8, 4) is 0 Å². The van der Waals surface area contributed by atoms with E-state index in [1.807, 2.05) is 12.2 Å². The smallest absolute Gasteiger partial charge is 0.178 e. The standard InChI is InChI=1S/C28H42O/c1-18(2)8-7-9-19(3)23-10-11-24-22-16-20(4)26-17-21(29)12-14-28(26,6)25(22)13-15-27(23,24)5/h12,14,16-19,22-25H,7-11,13,15H2,1-6H3/t19-,22+,23-,24+,25+,27-,28-/m1/s1. The first-order valence-corrected chi connectivity index (χ1v) is 12.3. The average molecular weight is 395 g/mol. The highest BCUT2D eigenvalue weighted by Gasteiger charge is 2.58. The first-order chi connectivity index (χ1) is 13.7. The number of hydrogen-bond acceptors (Lipinski definition) is 1. The molecule has 1 heteroatoms. The van der Waals surface area contributed by atoms with Gasteiger partial charge in [-0.25, -0.2) is 0 Å². The van der Waals surface area contributed by atoms with Crippen molar-refractivity contribution in [1.29, 1.82) is 0 Å². The van der Waals surface area contributed by atoms with E-state index in [0.29, 0.717) is 17.3 Å². The summed E-state index contributed by atoms with van der Waals surface area (Å²) in [5.74, 6) is 4.91. The molecule has 0 aliphatic heterocycles. The van der Waals surface area contributed by atoms with Gasteiger partial charge in [-0.1, -0.05) is 71.6 Å². The molecule has 0 radical (unpaired) electrons. The number of hydrogen-bond donors (Lipinski definition) is 0. The normalized spacial score (nSPS) is 42.1. The van der Waals surface area contributed by atoms with Gasteiger partial charge in [-0.3, -0.25) is 4.79 Å². The molecule has 160 valence electrons. The quantitative estimate of drug-likeness (QED) is 0.471. The number of rotatable bonds is 5. The van der Waals surface area contributed by atoms with E-state index in [1.165, 1.54) is 56.1 Å². The molecule has 2 saturated carbocycles. The van der Waals surface area contributed by atoms with Crippen molar-refractivity contribution >= 4 is 5.78 Å². The Balaban J connectivity index is 1.58. The van der Waals surface area contributed by atoms with Gasteiger partial charge in [0.1, 0.15) is 0 Å². The van der Waals surface area contributed by atoms with Crippen LogP contribution in [0.1, 0.15) is 86.5 Å². The lowest BCUT2D eigenvalue weighted by Crippen LogP contribution is -2.49. The summed E-state index contributed by atoms with van der Waals surface area (Å²) in [5.41, 5.74) is 3.22. The number of allylic oxidation sites excluding steroid dienone is 6. The van der Waals surface area contributed by atoms with Gasteiger partial charge in [0.2, 0.25) is 0 Å². The molecule has 0 heterocycles. The van der Waals surface area contributed by atoms with Gasteiger partial charge < -0.3 is 0 Å². The average Bonchev–Trinajstić information content (AvgIpc) is 3.00. The van der Waals surface area contributed by atoms with Crippen LogP contribution in [0.5, 0.6) is 0 Å². The lowest BCUT2D eigenvalue weighted by Gasteiger charge is -2.56. The fraction of sp³-hybridized carbons (Fsp3) is 0.750. The number of ketones is 1. The Morgan fingerprint density at radius 1 is 1.07 bits per heavy atom. The summed E-state index contributed by atoms with van der Waals surface area (Å²) in [4.78, 5) is 12.1. The van der Waals surface area contributed by atoms with Crippen LogP contribution in [0, 0.1) is 46.3 Å². The Morgan fingerprint density at radius 2 is 1.83 bits per heavy atom. The number of carbonyl (C=O) groups excluding carboxylic acids is 1. The van der Waals surface area contributed by atoms with Crippen LogP contribution in [0.3, 0.4) is 0 Å². The van der Waals surface area contributed by atoms with E-state index in [2.05, 4.69) is 53.7 Å². The van der Waals surface area contributed by atoms with Crippen LogP contribution in [0.2, 0.25) is 0 Å². The fourth-order valence-corrected chi connectivity index (χ4v) is 8.08. The fourth-order valence-electron chi connectivity index (χ4n) is 8.08. The van der Waals surface area contributed by atoms with Gasteiger partial charge in [-0.2, -0.15) is 0 Å². The minimum absolute atomic E-state index is 0.0553. The summed E-state index contributed by atoms with van der Waals surface area (Å²) >= 11 is 0. The first kappa shape index (κ1) is 21.1. The highest BCUT2D eigenvalue weighted by molar-refractivity contribution is 6.01. The molecule has 0 amide bonds. The second-order valence-corrected chi connectivity index (χ2v) is 11.7. The van der Waals surface area contributed by atoms with Crippen molar-refractivity contribution < 1.29 is 4.79 Å². The Bertz CT molecular complexity index is 752. The van der Waals surface area contributed by atoms with E-state index in [0.717, 1.165) is 23.7 Å².